The largest absolute Gasteiger partial charge is 0.478 e. The number of aromatic amines is 1. The van der Waals surface area contributed by atoms with Crippen LogP contribution < -0.4 is 0 Å². The van der Waals surface area contributed by atoms with E-state index in [1.54, 1.807) is 6.33 Å². The molecule has 0 unspecified atom stereocenters. The molecular formula is C23H26N4O5. The Morgan fingerprint density at radius 2 is 1.84 bits per heavy atom. The second-order valence-corrected chi connectivity index (χ2v) is 7.76. The first-order valence-corrected chi connectivity index (χ1v) is 10.2. The minimum atomic E-state index is -1.26. The number of benzene rings is 1. The number of carboxylic acid groups (broad SMARTS) is 2. The van der Waals surface area contributed by atoms with Crippen molar-refractivity contribution in [1.82, 2.24) is 19.4 Å². The van der Waals surface area contributed by atoms with Crippen molar-refractivity contribution >= 4 is 28.7 Å². The molecule has 0 atom stereocenters. The van der Waals surface area contributed by atoms with Gasteiger partial charge in [-0.3, -0.25) is 4.79 Å². The van der Waals surface area contributed by atoms with Crippen molar-refractivity contribution in [1.29, 1.82) is 0 Å². The van der Waals surface area contributed by atoms with Crippen molar-refractivity contribution in [3.05, 3.63) is 65.4 Å². The maximum Gasteiger partial charge on any atom is 0.328 e. The van der Waals surface area contributed by atoms with Crippen LogP contribution in [0.25, 0.3) is 10.9 Å². The molecule has 4 rings (SSSR count). The van der Waals surface area contributed by atoms with Gasteiger partial charge in [-0.25, -0.2) is 14.6 Å². The summed E-state index contributed by atoms with van der Waals surface area (Å²) in [6, 6.07) is 8.57. The van der Waals surface area contributed by atoms with E-state index < -0.39 is 11.9 Å². The van der Waals surface area contributed by atoms with Crippen molar-refractivity contribution in [2.24, 2.45) is 0 Å². The van der Waals surface area contributed by atoms with Gasteiger partial charge in [-0.05, 0) is 26.8 Å². The summed E-state index contributed by atoms with van der Waals surface area (Å²) in [4.78, 5) is 41.6. The van der Waals surface area contributed by atoms with E-state index in [9.17, 15) is 14.4 Å². The number of nitrogens with zero attached hydrogens (tertiary/aromatic N) is 3. The van der Waals surface area contributed by atoms with Crippen molar-refractivity contribution in [2.45, 2.75) is 39.8 Å². The summed E-state index contributed by atoms with van der Waals surface area (Å²) < 4.78 is 2.32. The number of amides is 1. The van der Waals surface area contributed by atoms with E-state index in [0.717, 1.165) is 40.8 Å². The molecule has 0 saturated carbocycles. The molecule has 1 amide bonds. The molecule has 1 aromatic carbocycles. The highest BCUT2D eigenvalue weighted by Crippen LogP contribution is 2.33. The fourth-order valence-corrected chi connectivity index (χ4v) is 3.91. The highest BCUT2D eigenvalue weighted by molar-refractivity contribution is 6.09. The van der Waals surface area contributed by atoms with Gasteiger partial charge < -0.3 is 24.7 Å². The third-order valence-electron chi connectivity index (χ3n) is 5.29. The van der Waals surface area contributed by atoms with Gasteiger partial charge in [0, 0.05) is 53.5 Å². The molecule has 32 heavy (non-hydrogen) atoms. The van der Waals surface area contributed by atoms with Crippen molar-refractivity contribution < 1.29 is 24.6 Å². The Labute approximate surface area is 185 Å². The van der Waals surface area contributed by atoms with Crippen LogP contribution in [-0.2, 0) is 22.6 Å². The van der Waals surface area contributed by atoms with Gasteiger partial charge in [-0.15, -0.1) is 0 Å². The zero-order valence-corrected chi connectivity index (χ0v) is 18.2. The van der Waals surface area contributed by atoms with E-state index >= 15 is 0 Å². The normalized spacial score (nSPS) is 13.4. The number of aromatic nitrogens is 3. The van der Waals surface area contributed by atoms with Crippen molar-refractivity contribution in [3.63, 3.8) is 0 Å². The van der Waals surface area contributed by atoms with Gasteiger partial charge in [0.1, 0.15) is 0 Å². The van der Waals surface area contributed by atoms with Gasteiger partial charge in [-0.2, -0.15) is 0 Å². The third-order valence-corrected chi connectivity index (χ3v) is 5.29. The van der Waals surface area contributed by atoms with Crippen LogP contribution in [0.5, 0.6) is 0 Å². The summed E-state index contributed by atoms with van der Waals surface area (Å²) in [5.41, 5.74) is 5.17. The van der Waals surface area contributed by atoms with E-state index in [0.29, 0.717) is 24.7 Å². The van der Waals surface area contributed by atoms with E-state index in [4.69, 9.17) is 10.2 Å². The Balaban J connectivity index is 0.000000312. The summed E-state index contributed by atoms with van der Waals surface area (Å²) in [7, 11) is 0. The minimum absolute atomic E-state index is 0.120. The predicted molar refractivity (Wildman–Crippen MR) is 119 cm³/mol. The second kappa shape index (κ2) is 9.51. The number of imidazole rings is 1. The van der Waals surface area contributed by atoms with E-state index in [1.807, 2.05) is 24.0 Å². The minimum Gasteiger partial charge on any atom is -0.478 e. The van der Waals surface area contributed by atoms with Gasteiger partial charge in [0.2, 0.25) is 0 Å². The Bertz CT molecular complexity index is 1170. The zero-order valence-electron chi connectivity index (χ0n) is 18.2. The summed E-state index contributed by atoms with van der Waals surface area (Å²) in [5.74, 6) is -2.39. The number of para-hydroxylation sites is 1. The summed E-state index contributed by atoms with van der Waals surface area (Å²) in [5, 5.41) is 16.7. The lowest BCUT2D eigenvalue weighted by atomic mass is 10.0. The number of carbonyl (C=O) groups excluding carboxylic acids is 1. The number of nitrogens with one attached hydrogen (secondary N) is 1. The Kier molecular flexibility index (Phi) is 6.77. The van der Waals surface area contributed by atoms with Crippen molar-refractivity contribution in [2.75, 3.05) is 6.54 Å². The molecule has 2 aromatic heterocycles. The van der Waals surface area contributed by atoms with Gasteiger partial charge in [0.15, 0.2) is 0 Å². The van der Waals surface area contributed by atoms with Gasteiger partial charge in [0.05, 0.1) is 24.1 Å². The number of rotatable bonds is 5. The smallest absolute Gasteiger partial charge is 0.328 e. The number of carboxylic acids is 2. The van der Waals surface area contributed by atoms with Crippen LogP contribution in [0, 0.1) is 6.92 Å². The first-order valence-electron chi connectivity index (χ1n) is 10.2. The highest BCUT2D eigenvalue weighted by atomic mass is 16.4. The molecule has 168 valence electrons. The third kappa shape index (κ3) is 4.72. The monoisotopic (exact) mass is 438 g/mol. The number of carbonyl (C=O) groups is 3. The number of aliphatic carboxylic acids is 2. The molecule has 0 bridgehead atoms. The lowest BCUT2D eigenvalue weighted by molar-refractivity contribution is -0.134. The number of fused-ring (bicyclic) bond motifs is 3. The summed E-state index contributed by atoms with van der Waals surface area (Å²) in [6.45, 7) is 7.65. The average Bonchev–Trinajstić information content (AvgIpc) is 3.30. The second-order valence-electron chi connectivity index (χ2n) is 7.76. The average molecular weight is 438 g/mol. The molecule has 1 aliphatic rings. The summed E-state index contributed by atoms with van der Waals surface area (Å²) >= 11 is 0. The van der Waals surface area contributed by atoms with E-state index in [1.165, 1.54) is 5.69 Å². The maximum atomic E-state index is 13.2. The molecule has 9 heteroatoms. The predicted octanol–water partition coefficient (Wildman–Crippen LogP) is 3.16. The Morgan fingerprint density at radius 1 is 1.19 bits per heavy atom. The van der Waals surface area contributed by atoms with E-state index in [2.05, 4.69) is 40.5 Å². The van der Waals surface area contributed by atoms with Gasteiger partial charge >= 0.3 is 11.9 Å². The molecule has 0 saturated heterocycles. The molecule has 3 heterocycles. The molecule has 0 aliphatic carbocycles. The van der Waals surface area contributed by atoms with Crippen LogP contribution in [0.2, 0.25) is 0 Å². The maximum absolute atomic E-state index is 13.2. The number of H-pyrrole nitrogens is 1. The topological polar surface area (TPSA) is 129 Å². The standard InChI is InChI=1S/C19H22N4O.C4H4O4/c1-12(2)23-16-7-5-4-6-14(16)18-17(23)8-9-22(19(18)24)10-15-13(3)20-11-21-15;5-3(6)1-2-4(7)8/h4-7,11-12H,8-10H2,1-3H3,(H,20,21);1-2H,(H,5,6)(H,7,8)/b;2-1-. The quantitative estimate of drug-likeness (QED) is 0.525. The molecule has 0 radical (unpaired) electrons. The van der Waals surface area contributed by atoms with Crippen LogP contribution in [-0.4, -0.2) is 54.0 Å². The van der Waals surface area contributed by atoms with Crippen LogP contribution in [0.1, 0.15) is 47.3 Å². The first kappa shape index (κ1) is 22.8. The molecule has 9 nitrogen and oxygen atoms in total. The molecule has 1 aliphatic heterocycles. The van der Waals surface area contributed by atoms with Crippen LogP contribution in [0.4, 0.5) is 0 Å². The lowest BCUT2D eigenvalue weighted by Crippen LogP contribution is -2.37. The number of hydrogen-bond acceptors (Lipinski definition) is 4. The lowest BCUT2D eigenvalue weighted by Gasteiger charge is -2.28. The fourth-order valence-electron chi connectivity index (χ4n) is 3.91. The van der Waals surface area contributed by atoms with Crippen LogP contribution in [0.15, 0.2) is 42.7 Å². The Morgan fingerprint density at radius 3 is 2.41 bits per heavy atom. The van der Waals surface area contributed by atoms with Crippen LogP contribution >= 0.6 is 0 Å². The SMILES string of the molecule is Cc1[nH]cnc1CN1CCc2c(c3ccccc3n2C(C)C)C1=O.O=C(O)/C=C\C(=O)O. The molecular weight excluding hydrogens is 412 g/mol. The molecule has 0 fully saturated rings. The molecule has 3 N–H and O–H groups in total. The Hall–Kier alpha value is -3.88. The van der Waals surface area contributed by atoms with E-state index in [-0.39, 0.29) is 5.91 Å². The zero-order chi connectivity index (χ0) is 23.4. The number of hydrogen-bond donors (Lipinski definition) is 3. The molecule has 0 spiro atoms. The number of aryl methyl sites for hydroxylation is 1. The highest BCUT2D eigenvalue weighted by Gasteiger charge is 2.31. The van der Waals surface area contributed by atoms with Crippen LogP contribution in [0.3, 0.4) is 0 Å². The van der Waals surface area contributed by atoms with Crippen molar-refractivity contribution in [3.8, 4) is 0 Å². The molecule has 3 aromatic rings. The van der Waals surface area contributed by atoms with Gasteiger partial charge in [-0.1, -0.05) is 18.2 Å². The first-order chi connectivity index (χ1) is 15.2. The fraction of sp³-hybridized carbons (Fsp3) is 0.304. The van der Waals surface area contributed by atoms with Gasteiger partial charge in [0.25, 0.3) is 5.91 Å². The summed E-state index contributed by atoms with van der Waals surface area (Å²) in [6.07, 6.45) is 3.69.